The molecular formula is C25H32N4O2. The SMILES string of the molecule is CN1CCC[C@H](NC(=O)NCc2ccccc2-c2ccc(CN3CCCC3=O)cc2)C1. The van der Waals surface area contributed by atoms with Gasteiger partial charge in [0.15, 0.2) is 0 Å². The van der Waals surface area contributed by atoms with E-state index < -0.39 is 0 Å². The van der Waals surface area contributed by atoms with Crippen LogP contribution in [0, 0.1) is 0 Å². The third kappa shape index (κ3) is 5.64. The van der Waals surface area contributed by atoms with E-state index in [9.17, 15) is 9.59 Å². The summed E-state index contributed by atoms with van der Waals surface area (Å²) in [5, 5.41) is 6.12. The van der Waals surface area contributed by atoms with Crippen LogP contribution in [0.4, 0.5) is 4.79 Å². The quantitative estimate of drug-likeness (QED) is 0.753. The van der Waals surface area contributed by atoms with Gasteiger partial charge in [0.05, 0.1) is 0 Å². The Morgan fingerprint density at radius 2 is 1.87 bits per heavy atom. The molecule has 164 valence electrons. The standard InChI is InChI=1S/C25H32N4O2/c1-28-14-4-7-22(18-28)27-25(31)26-16-21-6-2-3-8-23(21)20-12-10-19(11-13-20)17-29-15-5-9-24(29)30/h2-3,6,8,10-13,22H,4-5,7,9,14-18H2,1H3,(H2,26,27,31)/t22-/m0/s1. The molecule has 2 N–H and O–H groups in total. The molecule has 2 aromatic rings. The molecule has 0 saturated carbocycles. The van der Waals surface area contributed by atoms with Crippen molar-refractivity contribution in [2.24, 2.45) is 0 Å². The van der Waals surface area contributed by atoms with Gasteiger partial charge in [-0.2, -0.15) is 0 Å². The van der Waals surface area contributed by atoms with E-state index >= 15 is 0 Å². The lowest BCUT2D eigenvalue weighted by atomic mass is 9.98. The molecule has 3 amide bonds. The average molecular weight is 421 g/mol. The summed E-state index contributed by atoms with van der Waals surface area (Å²) >= 11 is 0. The van der Waals surface area contributed by atoms with Crippen LogP contribution >= 0.6 is 0 Å². The van der Waals surface area contributed by atoms with Gasteiger partial charge in [-0.05, 0) is 55.1 Å². The Labute approximate surface area is 184 Å². The van der Waals surface area contributed by atoms with Crippen molar-refractivity contribution in [1.29, 1.82) is 0 Å². The van der Waals surface area contributed by atoms with Crippen molar-refractivity contribution in [2.45, 2.75) is 44.8 Å². The molecule has 0 aromatic heterocycles. The lowest BCUT2D eigenvalue weighted by Gasteiger charge is -2.30. The van der Waals surface area contributed by atoms with Gasteiger partial charge < -0.3 is 20.4 Å². The monoisotopic (exact) mass is 420 g/mol. The first-order valence-electron chi connectivity index (χ1n) is 11.3. The highest BCUT2D eigenvalue weighted by Gasteiger charge is 2.20. The van der Waals surface area contributed by atoms with Gasteiger partial charge >= 0.3 is 6.03 Å². The van der Waals surface area contributed by atoms with Gasteiger partial charge in [-0.25, -0.2) is 4.79 Å². The number of piperidine rings is 1. The van der Waals surface area contributed by atoms with E-state index in [-0.39, 0.29) is 18.0 Å². The topological polar surface area (TPSA) is 64.7 Å². The molecule has 0 unspecified atom stereocenters. The van der Waals surface area contributed by atoms with Gasteiger partial charge in [0, 0.05) is 38.6 Å². The zero-order chi connectivity index (χ0) is 21.6. The van der Waals surface area contributed by atoms with Gasteiger partial charge in [0.2, 0.25) is 5.91 Å². The van der Waals surface area contributed by atoms with Crippen molar-refractivity contribution < 1.29 is 9.59 Å². The van der Waals surface area contributed by atoms with E-state index in [1.807, 2.05) is 17.0 Å². The number of likely N-dealkylation sites (tertiary alicyclic amines) is 2. The molecule has 2 heterocycles. The van der Waals surface area contributed by atoms with E-state index in [0.717, 1.165) is 61.2 Å². The maximum absolute atomic E-state index is 12.4. The first kappa shape index (κ1) is 21.4. The minimum absolute atomic E-state index is 0.110. The second-order valence-electron chi connectivity index (χ2n) is 8.70. The van der Waals surface area contributed by atoms with E-state index in [1.54, 1.807) is 0 Å². The van der Waals surface area contributed by atoms with Gasteiger partial charge in [-0.15, -0.1) is 0 Å². The summed E-state index contributed by atoms with van der Waals surface area (Å²) in [6.45, 7) is 4.02. The number of nitrogens with zero attached hydrogens (tertiary/aromatic N) is 2. The highest BCUT2D eigenvalue weighted by Crippen LogP contribution is 2.25. The van der Waals surface area contributed by atoms with Crippen LogP contribution in [0.1, 0.15) is 36.8 Å². The second kappa shape index (κ2) is 9.96. The van der Waals surface area contributed by atoms with Gasteiger partial charge in [0.1, 0.15) is 0 Å². The molecule has 2 aliphatic rings. The fraction of sp³-hybridized carbons (Fsp3) is 0.440. The molecule has 0 aliphatic carbocycles. The summed E-state index contributed by atoms with van der Waals surface area (Å²) in [6.07, 6.45) is 3.78. The van der Waals surface area contributed by atoms with Gasteiger partial charge in [-0.3, -0.25) is 4.79 Å². The normalized spacial score (nSPS) is 19.5. The smallest absolute Gasteiger partial charge is 0.315 e. The van der Waals surface area contributed by atoms with Crippen molar-refractivity contribution in [3.8, 4) is 11.1 Å². The summed E-state index contributed by atoms with van der Waals surface area (Å²) in [6, 6.07) is 16.7. The summed E-state index contributed by atoms with van der Waals surface area (Å²) < 4.78 is 0. The number of nitrogens with one attached hydrogen (secondary N) is 2. The van der Waals surface area contributed by atoms with Crippen molar-refractivity contribution in [2.75, 3.05) is 26.7 Å². The van der Waals surface area contributed by atoms with Crippen LogP contribution in [0.3, 0.4) is 0 Å². The molecular weight excluding hydrogens is 388 g/mol. The number of hydrogen-bond acceptors (Lipinski definition) is 3. The van der Waals surface area contributed by atoms with Crippen LogP contribution < -0.4 is 10.6 Å². The van der Waals surface area contributed by atoms with E-state index in [1.165, 1.54) is 0 Å². The molecule has 2 aliphatic heterocycles. The second-order valence-corrected chi connectivity index (χ2v) is 8.70. The largest absolute Gasteiger partial charge is 0.338 e. The molecule has 2 fully saturated rings. The predicted octanol–water partition coefficient (Wildman–Crippen LogP) is 3.37. The predicted molar refractivity (Wildman–Crippen MR) is 122 cm³/mol. The zero-order valence-electron chi connectivity index (χ0n) is 18.3. The van der Waals surface area contributed by atoms with Crippen LogP contribution in [-0.2, 0) is 17.9 Å². The van der Waals surface area contributed by atoms with Crippen LogP contribution in [-0.4, -0.2) is 54.5 Å². The Morgan fingerprint density at radius 3 is 2.61 bits per heavy atom. The lowest BCUT2D eigenvalue weighted by molar-refractivity contribution is -0.128. The molecule has 4 rings (SSSR count). The van der Waals surface area contributed by atoms with Crippen LogP contribution in [0.15, 0.2) is 48.5 Å². The minimum atomic E-state index is -0.110. The molecule has 0 bridgehead atoms. The summed E-state index contributed by atoms with van der Waals surface area (Å²) in [5.74, 6) is 0.249. The summed E-state index contributed by atoms with van der Waals surface area (Å²) in [5.41, 5.74) is 4.46. The molecule has 1 atom stereocenters. The van der Waals surface area contributed by atoms with E-state index in [0.29, 0.717) is 19.5 Å². The fourth-order valence-electron chi connectivity index (χ4n) is 4.53. The third-order valence-corrected chi connectivity index (χ3v) is 6.23. The minimum Gasteiger partial charge on any atom is -0.338 e. The van der Waals surface area contributed by atoms with Gasteiger partial charge in [0.25, 0.3) is 0 Å². The number of urea groups is 1. The number of rotatable bonds is 6. The molecule has 31 heavy (non-hydrogen) atoms. The molecule has 6 heteroatoms. The highest BCUT2D eigenvalue weighted by molar-refractivity contribution is 5.78. The summed E-state index contributed by atoms with van der Waals surface area (Å²) in [7, 11) is 2.09. The molecule has 0 radical (unpaired) electrons. The Balaban J connectivity index is 1.36. The Morgan fingerprint density at radius 1 is 1.06 bits per heavy atom. The van der Waals surface area contributed by atoms with Crippen molar-refractivity contribution in [3.63, 3.8) is 0 Å². The molecule has 2 aromatic carbocycles. The number of amides is 3. The first-order chi connectivity index (χ1) is 15.1. The first-order valence-corrected chi connectivity index (χ1v) is 11.3. The number of carbonyl (C=O) groups is 2. The van der Waals surface area contributed by atoms with Crippen molar-refractivity contribution in [1.82, 2.24) is 20.4 Å². The number of hydrogen-bond donors (Lipinski definition) is 2. The Hall–Kier alpha value is -2.86. The van der Waals surface area contributed by atoms with Crippen LogP contribution in [0.25, 0.3) is 11.1 Å². The van der Waals surface area contributed by atoms with Crippen LogP contribution in [0.5, 0.6) is 0 Å². The third-order valence-electron chi connectivity index (χ3n) is 6.23. The fourth-order valence-corrected chi connectivity index (χ4v) is 4.53. The molecule has 0 spiro atoms. The van der Waals surface area contributed by atoms with Crippen LogP contribution in [0.2, 0.25) is 0 Å². The lowest BCUT2D eigenvalue weighted by Crippen LogP contribution is -2.49. The Kier molecular flexibility index (Phi) is 6.87. The highest BCUT2D eigenvalue weighted by atomic mass is 16.2. The number of carbonyl (C=O) groups excluding carboxylic acids is 2. The zero-order valence-corrected chi connectivity index (χ0v) is 18.3. The number of likely N-dealkylation sites (N-methyl/N-ethyl adjacent to an activating group) is 1. The van der Waals surface area contributed by atoms with Gasteiger partial charge in [-0.1, -0.05) is 48.5 Å². The maximum atomic E-state index is 12.4. The Bertz CT molecular complexity index is 912. The maximum Gasteiger partial charge on any atom is 0.315 e. The van der Waals surface area contributed by atoms with E-state index in [2.05, 4.69) is 59.0 Å². The van der Waals surface area contributed by atoms with Crippen molar-refractivity contribution >= 4 is 11.9 Å². The number of benzene rings is 2. The van der Waals surface area contributed by atoms with Crippen molar-refractivity contribution in [3.05, 3.63) is 59.7 Å². The molecule has 2 saturated heterocycles. The summed E-state index contributed by atoms with van der Waals surface area (Å²) in [4.78, 5) is 28.4. The average Bonchev–Trinajstić information content (AvgIpc) is 3.17. The van der Waals surface area contributed by atoms with E-state index in [4.69, 9.17) is 0 Å². The molecule has 6 nitrogen and oxygen atoms in total.